The molecule has 1 heterocycles. The van der Waals surface area contributed by atoms with Crippen molar-refractivity contribution >= 4 is 17.2 Å². The first-order chi connectivity index (χ1) is 9.20. The third-order valence-corrected chi connectivity index (χ3v) is 4.67. The molecular weight excluding hydrogens is 260 g/mol. The van der Waals surface area contributed by atoms with Gasteiger partial charge in [-0.15, -0.1) is 11.3 Å². The minimum absolute atomic E-state index is 0.00376. The van der Waals surface area contributed by atoms with Crippen LogP contribution in [0.3, 0.4) is 0 Å². The van der Waals surface area contributed by atoms with E-state index in [1.165, 1.54) is 30.6 Å². The summed E-state index contributed by atoms with van der Waals surface area (Å²) < 4.78 is 0. The zero-order chi connectivity index (χ0) is 13.7. The quantitative estimate of drug-likeness (QED) is 0.506. The summed E-state index contributed by atoms with van der Waals surface area (Å²) in [6.07, 6.45) is 4.73. The van der Waals surface area contributed by atoms with Crippen molar-refractivity contribution in [2.75, 3.05) is 0 Å². The third kappa shape index (κ3) is 3.72. The van der Waals surface area contributed by atoms with E-state index in [4.69, 9.17) is 5.53 Å². The second-order valence-corrected chi connectivity index (χ2v) is 6.16. The molecule has 1 saturated carbocycles. The van der Waals surface area contributed by atoms with Gasteiger partial charge in [0, 0.05) is 15.8 Å². The second kappa shape index (κ2) is 6.59. The Labute approximate surface area is 116 Å². The minimum atomic E-state index is -0.00376. The predicted octanol–water partition coefficient (Wildman–Crippen LogP) is 3.87. The van der Waals surface area contributed by atoms with Crippen LogP contribution in [0, 0.1) is 5.92 Å². The van der Waals surface area contributed by atoms with Crippen molar-refractivity contribution in [1.82, 2.24) is 5.32 Å². The number of thiophene rings is 1. The van der Waals surface area contributed by atoms with Crippen LogP contribution in [0.1, 0.15) is 47.2 Å². The molecule has 1 aliphatic carbocycles. The third-order valence-electron chi connectivity index (χ3n) is 3.60. The maximum atomic E-state index is 12.1. The smallest absolute Gasteiger partial charge is 0.261 e. The number of azide groups is 1. The molecule has 1 amide bonds. The summed E-state index contributed by atoms with van der Waals surface area (Å²) in [4.78, 5) is 16.5. The van der Waals surface area contributed by atoms with E-state index < -0.39 is 0 Å². The highest BCUT2D eigenvalue weighted by Crippen LogP contribution is 2.25. The normalized spacial score (nSPS) is 22.6. The van der Waals surface area contributed by atoms with Gasteiger partial charge in [-0.3, -0.25) is 4.79 Å². The molecule has 0 bridgehead atoms. The van der Waals surface area contributed by atoms with Gasteiger partial charge in [-0.25, -0.2) is 0 Å². The number of amides is 1. The van der Waals surface area contributed by atoms with Gasteiger partial charge in [0.05, 0.1) is 11.4 Å². The van der Waals surface area contributed by atoms with Crippen molar-refractivity contribution in [3.8, 4) is 0 Å². The Kier molecular flexibility index (Phi) is 4.82. The maximum absolute atomic E-state index is 12.1. The predicted molar refractivity (Wildman–Crippen MR) is 76.1 cm³/mol. The molecule has 1 aromatic heterocycles. The second-order valence-electron chi connectivity index (χ2n) is 5.00. The topological polar surface area (TPSA) is 77.9 Å². The number of nitrogens with zero attached hydrogens (tertiary/aromatic N) is 3. The lowest BCUT2D eigenvalue weighted by molar-refractivity contribution is 0.0914. The molecule has 0 spiro atoms. The summed E-state index contributed by atoms with van der Waals surface area (Å²) in [6.45, 7) is 2.51. The van der Waals surface area contributed by atoms with E-state index in [0.717, 1.165) is 11.3 Å². The lowest BCUT2D eigenvalue weighted by Gasteiger charge is -2.29. The van der Waals surface area contributed by atoms with Gasteiger partial charge in [-0.05, 0) is 36.4 Å². The molecular formula is C13H18N4OS. The lowest BCUT2D eigenvalue weighted by Crippen LogP contribution is -2.40. The molecule has 0 saturated heterocycles. The monoisotopic (exact) mass is 278 g/mol. The molecule has 102 valence electrons. The fourth-order valence-corrected chi connectivity index (χ4v) is 3.28. The number of rotatable bonds is 4. The van der Waals surface area contributed by atoms with Crippen LogP contribution < -0.4 is 5.32 Å². The molecule has 1 fully saturated rings. The zero-order valence-electron chi connectivity index (χ0n) is 11.0. The van der Waals surface area contributed by atoms with Gasteiger partial charge in [0.2, 0.25) is 0 Å². The van der Waals surface area contributed by atoms with Crippen molar-refractivity contribution in [3.63, 3.8) is 0 Å². The van der Waals surface area contributed by atoms with Crippen LogP contribution in [-0.4, -0.2) is 11.9 Å². The Morgan fingerprint density at radius 2 is 2.32 bits per heavy atom. The summed E-state index contributed by atoms with van der Waals surface area (Å²) in [5.41, 5.74) is 8.27. The first kappa shape index (κ1) is 13.9. The fraction of sp³-hybridized carbons (Fsp3) is 0.615. The Hall–Kier alpha value is -1.52. The highest BCUT2D eigenvalue weighted by atomic mass is 32.1. The number of nitrogens with one attached hydrogen (secondary N) is 1. The lowest BCUT2D eigenvalue weighted by atomic mass is 9.86. The number of hydrogen-bond donors (Lipinski definition) is 1. The van der Waals surface area contributed by atoms with Crippen molar-refractivity contribution in [1.29, 1.82) is 0 Å². The number of carbonyl (C=O) groups excluding carboxylic acids is 1. The van der Waals surface area contributed by atoms with Crippen LogP contribution in [0.5, 0.6) is 0 Å². The highest BCUT2D eigenvalue weighted by molar-refractivity contribution is 7.14. The molecule has 19 heavy (non-hydrogen) atoms. The van der Waals surface area contributed by atoms with Crippen LogP contribution in [-0.2, 0) is 6.54 Å². The molecule has 2 unspecified atom stereocenters. The van der Waals surface area contributed by atoms with Crippen molar-refractivity contribution in [2.45, 2.75) is 45.2 Å². The van der Waals surface area contributed by atoms with Crippen LogP contribution in [0.15, 0.2) is 17.2 Å². The molecule has 1 N–H and O–H groups in total. The Balaban J connectivity index is 1.95. The molecule has 2 atom stereocenters. The SMILES string of the molecule is CC1CCCCC1NC(=O)c1ccc(CN=[N+]=[N-])s1. The van der Waals surface area contributed by atoms with Gasteiger partial charge in [-0.2, -0.15) is 0 Å². The molecule has 1 aromatic rings. The first-order valence-corrected chi connectivity index (χ1v) is 7.43. The number of carbonyl (C=O) groups is 1. The molecule has 5 nitrogen and oxygen atoms in total. The van der Waals surface area contributed by atoms with Crippen molar-refractivity contribution in [2.24, 2.45) is 11.0 Å². The molecule has 0 radical (unpaired) electrons. The average Bonchev–Trinajstić information content (AvgIpc) is 2.88. The van der Waals surface area contributed by atoms with E-state index in [0.29, 0.717) is 23.4 Å². The van der Waals surface area contributed by atoms with Gasteiger partial charge in [0.25, 0.3) is 5.91 Å². The van der Waals surface area contributed by atoms with E-state index in [-0.39, 0.29) is 5.91 Å². The molecule has 2 rings (SSSR count). The molecule has 0 aliphatic heterocycles. The standard InChI is InChI=1S/C13H18N4OS/c1-9-4-2-3-5-11(9)16-13(18)12-7-6-10(19-12)8-15-17-14/h6-7,9,11H,2-5,8H2,1H3,(H,16,18). The maximum Gasteiger partial charge on any atom is 0.261 e. The highest BCUT2D eigenvalue weighted by Gasteiger charge is 2.23. The van der Waals surface area contributed by atoms with Gasteiger partial charge in [0.15, 0.2) is 0 Å². The fourth-order valence-electron chi connectivity index (χ4n) is 2.46. The van der Waals surface area contributed by atoms with Gasteiger partial charge in [-0.1, -0.05) is 24.9 Å². The van der Waals surface area contributed by atoms with E-state index in [9.17, 15) is 4.79 Å². The van der Waals surface area contributed by atoms with Crippen molar-refractivity contribution in [3.05, 3.63) is 32.3 Å². The van der Waals surface area contributed by atoms with E-state index in [2.05, 4.69) is 22.3 Å². The van der Waals surface area contributed by atoms with E-state index in [1.54, 1.807) is 6.07 Å². The molecule has 0 aromatic carbocycles. The van der Waals surface area contributed by atoms with Gasteiger partial charge < -0.3 is 5.32 Å². The summed E-state index contributed by atoms with van der Waals surface area (Å²) in [5, 5.41) is 6.62. The van der Waals surface area contributed by atoms with Gasteiger partial charge in [0.1, 0.15) is 0 Å². The first-order valence-electron chi connectivity index (χ1n) is 6.61. The van der Waals surface area contributed by atoms with Crippen LogP contribution >= 0.6 is 11.3 Å². The molecule has 6 heteroatoms. The van der Waals surface area contributed by atoms with E-state index in [1.807, 2.05) is 6.07 Å². The summed E-state index contributed by atoms with van der Waals surface area (Å²) in [6, 6.07) is 3.94. The summed E-state index contributed by atoms with van der Waals surface area (Å²) in [5.74, 6) is 0.552. The minimum Gasteiger partial charge on any atom is -0.348 e. The average molecular weight is 278 g/mol. The Morgan fingerprint density at radius 1 is 1.53 bits per heavy atom. The number of hydrogen-bond acceptors (Lipinski definition) is 3. The van der Waals surface area contributed by atoms with Crippen LogP contribution in [0.25, 0.3) is 10.4 Å². The van der Waals surface area contributed by atoms with Crippen LogP contribution in [0.2, 0.25) is 0 Å². The molecule has 1 aliphatic rings. The largest absolute Gasteiger partial charge is 0.348 e. The van der Waals surface area contributed by atoms with E-state index >= 15 is 0 Å². The van der Waals surface area contributed by atoms with Crippen LogP contribution in [0.4, 0.5) is 0 Å². The summed E-state index contributed by atoms with van der Waals surface area (Å²) in [7, 11) is 0. The Bertz CT molecular complexity index is 493. The summed E-state index contributed by atoms with van der Waals surface area (Å²) >= 11 is 1.39. The Morgan fingerprint density at radius 3 is 3.05 bits per heavy atom. The zero-order valence-corrected chi connectivity index (χ0v) is 11.8. The van der Waals surface area contributed by atoms with Gasteiger partial charge >= 0.3 is 0 Å². The van der Waals surface area contributed by atoms with Crippen molar-refractivity contribution < 1.29 is 4.79 Å².